The Morgan fingerprint density at radius 3 is 2.75 bits per heavy atom. The number of nitrogens with two attached hydrogens (primary N) is 2. The lowest BCUT2D eigenvalue weighted by Crippen LogP contribution is -2.25. The first-order valence-electron chi connectivity index (χ1n) is 4.56. The van der Waals surface area contributed by atoms with Crippen molar-refractivity contribution in [3.63, 3.8) is 0 Å². The second-order valence-corrected chi connectivity index (χ2v) is 3.40. The van der Waals surface area contributed by atoms with Gasteiger partial charge in [0, 0.05) is 18.5 Å². The van der Waals surface area contributed by atoms with Crippen molar-refractivity contribution in [1.82, 2.24) is 4.98 Å². The fourth-order valence-corrected chi connectivity index (χ4v) is 1.17. The van der Waals surface area contributed by atoms with Crippen LogP contribution in [-0.4, -0.2) is 16.9 Å². The fraction of sp³-hybridized carbons (Fsp3) is 0.333. The first kappa shape index (κ1) is 12.2. The van der Waals surface area contributed by atoms with Gasteiger partial charge in [-0.1, -0.05) is 0 Å². The molecule has 0 saturated heterocycles. The van der Waals surface area contributed by atoms with Crippen molar-refractivity contribution in [2.45, 2.75) is 19.4 Å². The van der Waals surface area contributed by atoms with Gasteiger partial charge in [0.2, 0.25) is 5.91 Å². The number of nitrogens with zero attached hydrogens (tertiary/aromatic N) is 1. The number of nitrogens with one attached hydrogen (secondary N) is 1. The van der Waals surface area contributed by atoms with Gasteiger partial charge in [-0.2, -0.15) is 0 Å². The van der Waals surface area contributed by atoms with E-state index in [4.69, 9.17) is 11.5 Å². The van der Waals surface area contributed by atoms with Crippen LogP contribution >= 0.6 is 0 Å². The van der Waals surface area contributed by atoms with Crippen LogP contribution in [0.4, 0.5) is 20.4 Å². The normalized spacial score (nSPS) is 12.2. The van der Waals surface area contributed by atoms with Gasteiger partial charge in [0.05, 0.1) is 0 Å². The van der Waals surface area contributed by atoms with Gasteiger partial charge in [-0.05, 0) is 6.92 Å². The van der Waals surface area contributed by atoms with Crippen LogP contribution in [0.1, 0.15) is 13.3 Å². The van der Waals surface area contributed by atoms with E-state index in [1.54, 1.807) is 6.92 Å². The molecular weight excluding hydrogens is 218 g/mol. The predicted molar refractivity (Wildman–Crippen MR) is 55.5 cm³/mol. The van der Waals surface area contributed by atoms with E-state index in [1.807, 2.05) is 0 Å². The van der Waals surface area contributed by atoms with E-state index in [0.29, 0.717) is 6.07 Å². The second-order valence-electron chi connectivity index (χ2n) is 3.40. The average molecular weight is 230 g/mol. The number of hydrogen-bond acceptors (Lipinski definition) is 4. The first-order chi connectivity index (χ1) is 7.40. The van der Waals surface area contributed by atoms with E-state index in [-0.39, 0.29) is 12.2 Å². The van der Waals surface area contributed by atoms with Crippen LogP contribution in [0.3, 0.4) is 0 Å². The molecule has 0 fully saturated rings. The SMILES string of the molecule is CC(CC(N)=O)Nc1nc(N)c(F)cc1F. The highest BCUT2D eigenvalue weighted by atomic mass is 19.1. The molecule has 1 unspecified atom stereocenters. The number of carbonyl (C=O) groups is 1. The summed E-state index contributed by atoms with van der Waals surface area (Å²) in [6, 6.07) is 0.214. The molecule has 88 valence electrons. The average Bonchev–Trinajstić information content (AvgIpc) is 2.12. The van der Waals surface area contributed by atoms with Crippen LogP contribution in [0.2, 0.25) is 0 Å². The number of carbonyl (C=O) groups excluding carboxylic acids is 1. The number of halogens is 2. The van der Waals surface area contributed by atoms with Crippen LogP contribution in [0.5, 0.6) is 0 Å². The van der Waals surface area contributed by atoms with Crippen LogP contribution in [-0.2, 0) is 4.79 Å². The molecule has 5 N–H and O–H groups in total. The summed E-state index contributed by atoms with van der Waals surface area (Å²) in [5.41, 5.74) is 10.1. The Kier molecular flexibility index (Phi) is 3.60. The van der Waals surface area contributed by atoms with Gasteiger partial charge in [-0.15, -0.1) is 0 Å². The van der Waals surface area contributed by atoms with E-state index < -0.39 is 29.4 Å². The standard InChI is InChI=1S/C9H12F2N4O/c1-4(2-7(12)16)14-9-6(11)3-5(10)8(13)15-9/h3-4H,2H2,1H3,(H2,12,16)(H3,13,14,15). The molecule has 1 amide bonds. The van der Waals surface area contributed by atoms with Crippen LogP contribution in [0, 0.1) is 11.6 Å². The lowest BCUT2D eigenvalue weighted by molar-refractivity contribution is -0.118. The van der Waals surface area contributed by atoms with Crippen molar-refractivity contribution < 1.29 is 13.6 Å². The van der Waals surface area contributed by atoms with Crippen LogP contribution in [0.15, 0.2) is 6.07 Å². The van der Waals surface area contributed by atoms with Gasteiger partial charge < -0.3 is 16.8 Å². The highest BCUT2D eigenvalue weighted by Gasteiger charge is 2.13. The van der Waals surface area contributed by atoms with Crippen LogP contribution in [0.25, 0.3) is 0 Å². The number of hydrogen-bond donors (Lipinski definition) is 3. The molecular formula is C9H12F2N4O. The van der Waals surface area contributed by atoms with Crippen molar-refractivity contribution in [1.29, 1.82) is 0 Å². The molecule has 1 heterocycles. The summed E-state index contributed by atoms with van der Waals surface area (Å²) in [5, 5.41) is 2.58. The number of nitrogen functional groups attached to an aromatic ring is 1. The summed E-state index contributed by atoms with van der Waals surface area (Å²) in [4.78, 5) is 14.1. The van der Waals surface area contributed by atoms with Gasteiger partial charge in [-0.25, -0.2) is 13.8 Å². The minimum Gasteiger partial charge on any atom is -0.381 e. The van der Waals surface area contributed by atoms with Crippen molar-refractivity contribution in [2.75, 3.05) is 11.1 Å². The summed E-state index contributed by atoms with van der Waals surface area (Å²) in [5.74, 6) is -2.94. The Bertz CT molecular complexity index is 411. The Balaban J connectivity index is 2.81. The zero-order valence-electron chi connectivity index (χ0n) is 8.63. The minimum atomic E-state index is -0.925. The molecule has 1 aromatic rings. The third-order valence-corrected chi connectivity index (χ3v) is 1.85. The molecule has 0 saturated carbocycles. The van der Waals surface area contributed by atoms with E-state index in [2.05, 4.69) is 10.3 Å². The monoisotopic (exact) mass is 230 g/mol. The third-order valence-electron chi connectivity index (χ3n) is 1.85. The van der Waals surface area contributed by atoms with Gasteiger partial charge in [-0.3, -0.25) is 4.79 Å². The summed E-state index contributed by atoms with van der Waals surface area (Å²) < 4.78 is 26.0. The molecule has 1 atom stereocenters. The van der Waals surface area contributed by atoms with Gasteiger partial charge in [0.1, 0.15) is 0 Å². The summed E-state index contributed by atoms with van der Waals surface area (Å²) in [6.07, 6.45) is 0.0123. The van der Waals surface area contributed by atoms with Crippen molar-refractivity contribution in [3.8, 4) is 0 Å². The lowest BCUT2D eigenvalue weighted by Gasteiger charge is -2.13. The number of anilines is 2. The zero-order chi connectivity index (χ0) is 12.3. The zero-order valence-corrected chi connectivity index (χ0v) is 8.63. The first-order valence-corrected chi connectivity index (χ1v) is 4.56. The smallest absolute Gasteiger partial charge is 0.219 e. The second kappa shape index (κ2) is 4.73. The van der Waals surface area contributed by atoms with Crippen molar-refractivity contribution >= 4 is 17.5 Å². The molecule has 7 heteroatoms. The Morgan fingerprint density at radius 1 is 1.56 bits per heavy atom. The van der Waals surface area contributed by atoms with Gasteiger partial charge in [0.15, 0.2) is 23.3 Å². The summed E-state index contributed by atoms with van der Waals surface area (Å²) in [7, 11) is 0. The number of amides is 1. The molecule has 0 aliphatic rings. The third kappa shape index (κ3) is 3.04. The van der Waals surface area contributed by atoms with E-state index in [0.717, 1.165) is 0 Å². The van der Waals surface area contributed by atoms with E-state index >= 15 is 0 Å². The summed E-state index contributed by atoms with van der Waals surface area (Å²) >= 11 is 0. The number of primary amides is 1. The molecule has 1 aromatic heterocycles. The largest absolute Gasteiger partial charge is 0.381 e. The Hall–Kier alpha value is -1.92. The number of rotatable bonds is 4. The van der Waals surface area contributed by atoms with Crippen molar-refractivity contribution in [3.05, 3.63) is 17.7 Å². The lowest BCUT2D eigenvalue weighted by atomic mass is 10.2. The highest BCUT2D eigenvalue weighted by Crippen LogP contribution is 2.17. The maximum Gasteiger partial charge on any atom is 0.219 e. The molecule has 0 aliphatic heterocycles. The Morgan fingerprint density at radius 2 is 2.19 bits per heavy atom. The number of pyridine rings is 1. The maximum absolute atomic E-state index is 13.2. The molecule has 0 aromatic carbocycles. The maximum atomic E-state index is 13.2. The van der Waals surface area contributed by atoms with E-state index in [9.17, 15) is 13.6 Å². The van der Waals surface area contributed by atoms with Gasteiger partial charge >= 0.3 is 0 Å². The van der Waals surface area contributed by atoms with Crippen molar-refractivity contribution in [2.24, 2.45) is 5.73 Å². The van der Waals surface area contributed by atoms with Gasteiger partial charge in [0.25, 0.3) is 0 Å². The molecule has 0 radical (unpaired) electrons. The topological polar surface area (TPSA) is 94.0 Å². The molecule has 1 rings (SSSR count). The number of aromatic nitrogens is 1. The summed E-state index contributed by atoms with van der Waals surface area (Å²) in [6.45, 7) is 1.62. The highest BCUT2D eigenvalue weighted by molar-refractivity contribution is 5.74. The van der Waals surface area contributed by atoms with E-state index in [1.165, 1.54) is 0 Å². The molecule has 0 aliphatic carbocycles. The quantitative estimate of drug-likeness (QED) is 0.706. The van der Waals surface area contributed by atoms with Crippen LogP contribution < -0.4 is 16.8 Å². The predicted octanol–water partition coefficient (Wildman–Crippen LogP) is 0.618. The molecule has 16 heavy (non-hydrogen) atoms. The Labute approximate surface area is 90.8 Å². The molecule has 0 bridgehead atoms. The fourth-order valence-electron chi connectivity index (χ4n) is 1.17. The molecule has 5 nitrogen and oxygen atoms in total. The molecule has 0 spiro atoms. The minimum absolute atomic E-state index is 0.0123.